The van der Waals surface area contributed by atoms with Crippen molar-refractivity contribution < 1.29 is 0 Å². The highest BCUT2D eigenvalue weighted by molar-refractivity contribution is 6.30. The molecule has 0 radical (unpaired) electrons. The van der Waals surface area contributed by atoms with Crippen LogP contribution in [0.15, 0.2) is 85.1 Å². The van der Waals surface area contributed by atoms with Gasteiger partial charge in [-0.2, -0.15) is 15.6 Å². The van der Waals surface area contributed by atoms with E-state index >= 15 is 0 Å². The molecule has 0 saturated carbocycles. The predicted octanol–water partition coefficient (Wildman–Crippen LogP) is 7.20. The van der Waals surface area contributed by atoms with Crippen LogP contribution in [0.3, 0.4) is 0 Å². The summed E-state index contributed by atoms with van der Waals surface area (Å²) in [6, 6.07) is 30.4. The first-order chi connectivity index (χ1) is 17.8. The van der Waals surface area contributed by atoms with Gasteiger partial charge in [0.05, 0.1) is 34.9 Å². The molecule has 5 nitrogen and oxygen atoms in total. The number of aromatic nitrogens is 2. The van der Waals surface area contributed by atoms with Gasteiger partial charge in [-0.25, -0.2) is 0 Å². The number of nitriles is 2. The van der Waals surface area contributed by atoms with Crippen molar-refractivity contribution in [1.29, 1.82) is 10.5 Å². The molecule has 0 fully saturated rings. The van der Waals surface area contributed by atoms with Gasteiger partial charge in [0.25, 0.3) is 0 Å². The second kappa shape index (κ2) is 11.4. The number of benzene rings is 3. The summed E-state index contributed by atoms with van der Waals surface area (Å²) < 4.78 is 0. The topological polar surface area (TPSA) is 88.3 Å². The fourth-order valence-corrected chi connectivity index (χ4v) is 4.89. The Morgan fingerprint density at radius 3 is 2.38 bits per heavy atom. The molecule has 0 amide bonds. The van der Waals surface area contributed by atoms with Crippen molar-refractivity contribution in [1.82, 2.24) is 15.5 Å². The summed E-state index contributed by atoms with van der Waals surface area (Å²) in [5, 5.41) is 31.2. The molecule has 3 atom stereocenters. The van der Waals surface area contributed by atoms with Crippen LogP contribution in [0, 0.1) is 28.1 Å². The van der Waals surface area contributed by atoms with E-state index in [9.17, 15) is 10.5 Å². The standard InChI is InChI=1S/C31H30ClN5/c1-21(28(17-22-10-12-27(32)13-11-22)24-7-4-6-23(16-24)19-33)36-30(31(2,3)20-34)26-9-5-8-25(18-26)29-14-15-35-37-29/h4-16,18,21,28,30,36H,17H2,1-3H3,(H,35,37). The summed E-state index contributed by atoms with van der Waals surface area (Å²) in [4.78, 5) is 0. The molecule has 6 heteroatoms. The maximum absolute atomic E-state index is 10.1. The Morgan fingerprint density at radius 1 is 0.973 bits per heavy atom. The average Bonchev–Trinajstić information content (AvgIpc) is 3.46. The van der Waals surface area contributed by atoms with Crippen LogP contribution in [0.4, 0.5) is 0 Å². The van der Waals surface area contributed by atoms with Gasteiger partial charge >= 0.3 is 0 Å². The first-order valence-corrected chi connectivity index (χ1v) is 12.7. The van der Waals surface area contributed by atoms with Gasteiger partial charge in [0.15, 0.2) is 0 Å². The second-order valence-corrected chi connectivity index (χ2v) is 10.4. The fraction of sp³-hybridized carbons (Fsp3) is 0.258. The number of nitrogens with zero attached hydrogens (tertiary/aromatic N) is 3. The molecule has 2 N–H and O–H groups in total. The van der Waals surface area contributed by atoms with Gasteiger partial charge in [-0.05, 0) is 85.8 Å². The van der Waals surface area contributed by atoms with Crippen LogP contribution < -0.4 is 5.32 Å². The lowest BCUT2D eigenvalue weighted by molar-refractivity contribution is 0.281. The molecule has 3 aromatic carbocycles. The second-order valence-electron chi connectivity index (χ2n) is 9.99. The molecule has 0 aliphatic heterocycles. The van der Waals surface area contributed by atoms with Gasteiger partial charge in [0.1, 0.15) is 0 Å². The highest BCUT2D eigenvalue weighted by Gasteiger charge is 2.34. The first kappa shape index (κ1) is 26.2. The lowest BCUT2D eigenvalue weighted by Gasteiger charge is -2.36. The molecule has 37 heavy (non-hydrogen) atoms. The zero-order chi connectivity index (χ0) is 26.4. The van der Waals surface area contributed by atoms with Crippen LogP contribution in [0.5, 0.6) is 0 Å². The van der Waals surface area contributed by atoms with E-state index in [-0.39, 0.29) is 18.0 Å². The smallest absolute Gasteiger partial charge is 0.0991 e. The molecule has 0 spiro atoms. The monoisotopic (exact) mass is 507 g/mol. The highest BCUT2D eigenvalue weighted by atomic mass is 35.5. The minimum Gasteiger partial charge on any atom is -0.305 e. The summed E-state index contributed by atoms with van der Waals surface area (Å²) >= 11 is 6.13. The molecular formula is C31H30ClN5. The normalized spacial score (nSPS) is 13.8. The minimum atomic E-state index is -0.680. The van der Waals surface area contributed by atoms with Gasteiger partial charge in [-0.3, -0.25) is 5.10 Å². The molecular weight excluding hydrogens is 478 g/mol. The van der Waals surface area contributed by atoms with E-state index in [1.807, 2.05) is 74.5 Å². The zero-order valence-electron chi connectivity index (χ0n) is 21.2. The summed E-state index contributed by atoms with van der Waals surface area (Å²) in [5.41, 5.74) is 5.16. The Balaban J connectivity index is 1.71. The van der Waals surface area contributed by atoms with Gasteiger partial charge in [-0.1, -0.05) is 54.1 Å². The maximum Gasteiger partial charge on any atom is 0.0991 e. The summed E-state index contributed by atoms with van der Waals surface area (Å²) in [6.45, 7) is 6.08. The van der Waals surface area contributed by atoms with Crippen molar-refractivity contribution in [3.8, 4) is 23.4 Å². The number of aromatic amines is 1. The van der Waals surface area contributed by atoms with Crippen molar-refractivity contribution >= 4 is 11.6 Å². The molecule has 4 aromatic rings. The van der Waals surface area contributed by atoms with E-state index in [1.165, 1.54) is 0 Å². The van der Waals surface area contributed by atoms with Crippen molar-refractivity contribution in [2.24, 2.45) is 5.41 Å². The van der Waals surface area contributed by atoms with Crippen molar-refractivity contribution in [3.63, 3.8) is 0 Å². The third kappa shape index (κ3) is 6.27. The lowest BCUT2D eigenvalue weighted by Crippen LogP contribution is -2.42. The largest absolute Gasteiger partial charge is 0.305 e. The van der Waals surface area contributed by atoms with Crippen molar-refractivity contribution in [2.45, 2.75) is 45.2 Å². The van der Waals surface area contributed by atoms with Crippen LogP contribution in [0.1, 0.15) is 55.0 Å². The number of hydrogen-bond acceptors (Lipinski definition) is 4. The van der Waals surface area contributed by atoms with Crippen LogP contribution in [0.25, 0.3) is 11.3 Å². The zero-order valence-corrected chi connectivity index (χ0v) is 22.0. The number of rotatable bonds is 9. The van der Waals surface area contributed by atoms with E-state index in [0.717, 1.165) is 34.4 Å². The summed E-state index contributed by atoms with van der Waals surface area (Å²) in [7, 11) is 0. The van der Waals surface area contributed by atoms with E-state index in [1.54, 1.807) is 6.20 Å². The number of halogens is 1. The van der Waals surface area contributed by atoms with Crippen LogP contribution >= 0.6 is 11.6 Å². The molecule has 186 valence electrons. The van der Waals surface area contributed by atoms with Gasteiger partial charge < -0.3 is 5.32 Å². The highest BCUT2D eigenvalue weighted by Crippen LogP contribution is 2.37. The summed E-state index contributed by atoms with van der Waals surface area (Å²) in [5.74, 6) is 0.0576. The third-order valence-electron chi connectivity index (χ3n) is 6.89. The Kier molecular flexibility index (Phi) is 8.09. The van der Waals surface area contributed by atoms with Gasteiger partial charge in [0, 0.05) is 23.2 Å². The number of H-pyrrole nitrogens is 1. The van der Waals surface area contributed by atoms with Crippen molar-refractivity contribution in [2.75, 3.05) is 0 Å². The Morgan fingerprint density at radius 2 is 1.70 bits per heavy atom. The number of nitrogens with one attached hydrogen (secondary N) is 2. The van der Waals surface area contributed by atoms with E-state index < -0.39 is 5.41 Å². The fourth-order valence-electron chi connectivity index (χ4n) is 4.76. The van der Waals surface area contributed by atoms with Crippen molar-refractivity contribution in [3.05, 3.63) is 112 Å². The van der Waals surface area contributed by atoms with E-state index in [2.05, 4.69) is 52.8 Å². The van der Waals surface area contributed by atoms with Crippen LogP contribution in [0.2, 0.25) is 5.02 Å². The minimum absolute atomic E-state index is 0.0157. The van der Waals surface area contributed by atoms with E-state index in [0.29, 0.717) is 10.6 Å². The molecule has 4 rings (SSSR count). The molecule has 3 unspecified atom stereocenters. The van der Waals surface area contributed by atoms with Gasteiger partial charge in [-0.15, -0.1) is 0 Å². The Labute approximate surface area is 223 Å². The Bertz CT molecular complexity index is 1410. The number of hydrogen-bond donors (Lipinski definition) is 2. The quantitative estimate of drug-likeness (QED) is 0.251. The SMILES string of the molecule is CC(NC(c1cccc(-c2ccn[nH]2)c1)C(C)(C)C#N)C(Cc1ccc(Cl)cc1)c1cccc(C#N)c1. The Hall–Kier alpha value is -3.90. The van der Waals surface area contributed by atoms with E-state index in [4.69, 9.17) is 11.6 Å². The van der Waals surface area contributed by atoms with Crippen LogP contribution in [-0.2, 0) is 6.42 Å². The van der Waals surface area contributed by atoms with Crippen LogP contribution in [-0.4, -0.2) is 16.2 Å². The predicted molar refractivity (Wildman–Crippen MR) is 148 cm³/mol. The molecule has 1 aromatic heterocycles. The first-order valence-electron chi connectivity index (χ1n) is 12.3. The maximum atomic E-state index is 10.1. The molecule has 0 aliphatic rings. The lowest BCUT2D eigenvalue weighted by atomic mass is 9.79. The van der Waals surface area contributed by atoms with Gasteiger partial charge in [0.2, 0.25) is 0 Å². The molecule has 0 bridgehead atoms. The molecule has 1 heterocycles. The third-order valence-corrected chi connectivity index (χ3v) is 7.14. The molecule has 0 saturated heterocycles. The molecule has 0 aliphatic carbocycles. The average molecular weight is 508 g/mol. The summed E-state index contributed by atoms with van der Waals surface area (Å²) in [6.07, 6.45) is 2.49.